The van der Waals surface area contributed by atoms with E-state index in [2.05, 4.69) is 62.3 Å². The summed E-state index contributed by atoms with van der Waals surface area (Å²) in [5.74, 6) is -0.0697. The molecule has 3 heterocycles. The highest BCUT2D eigenvalue weighted by Gasteiger charge is 2.27. The number of thiazole rings is 1. The number of carbonyl (C=O) groups is 1. The lowest BCUT2D eigenvalue weighted by Crippen LogP contribution is -2.25. The Bertz CT molecular complexity index is 1270. The molecule has 4 nitrogen and oxygen atoms in total. The predicted octanol–water partition coefficient (Wildman–Crippen LogP) is 6.98. The van der Waals surface area contributed by atoms with Gasteiger partial charge in [-0.3, -0.25) is 4.79 Å². The molecular weight excluding hydrogens is 470 g/mol. The Hall–Kier alpha value is -2.25. The number of anilines is 1. The minimum Gasteiger partial charge on any atom is -0.313 e. The van der Waals surface area contributed by atoms with Gasteiger partial charge in [0, 0.05) is 29.1 Å². The summed E-state index contributed by atoms with van der Waals surface area (Å²) in [6.07, 6.45) is 0.976. The number of para-hydroxylation sites is 1. The van der Waals surface area contributed by atoms with Gasteiger partial charge in [0.25, 0.3) is 5.91 Å². The molecule has 0 saturated carbocycles. The number of carbonyl (C=O) groups excluding carboxylic acids is 1. The second kappa shape index (κ2) is 9.18. The predicted molar refractivity (Wildman–Crippen MR) is 143 cm³/mol. The maximum Gasteiger partial charge on any atom is 0.256 e. The Balaban J connectivity index is 0.00000259. The molecule has 0 unspecified atom stereocenters. The largest absolute Gasteiger partial charge is 0.313 e. The molecule has 2 aromatic heterocycles. The first-order valence-electron chi connectivity index (χ1n) is 10.9. The summed E-state index contributed by atoms with van der Waals surface area (Å²) in [6, 6.07) is 16.2. The molecule has 33 heavy (non-hydrogen) atoms. The fraction of sp³-hybridized carbons (Fsp3) is 0.308. The van der Waals surface area contributed by atoms with E-state index < -0.39 is 0 Å². The highest BCUT2D eigenvalue weighted by molar-refractivity contribution is 7.23. The van der Waals surface area contributed by atoms with Crippen LogP contribution in [-0.2, 0) is 18.4 Å². The lowest BCUT2D eigenvalue weighted by Gasteiger charge is -2.22. The van der Waals surface area contributed by atoms with E-state index in [1.807, 2.05) is 24.3 Å². The Morgan fingerprint density at radius 1 is 1.06 bits per heavy atom. The second-order valence-electron chi connectivity index (χ2n) is 9.46. The van der Waals surface area contributed by atoms with E-state index in [-0.39, 0.29) is 23.7 Å². The number of halogens is 1. The van der Waals surface area contributed by atoms with E-state index >= 15 is 0 Å². The maximum absolute atomic E-state index is 13.2. The van der Waals surface area contributed by atoms with Gasteiger partial charge in [-0.1, -0.05) is 45.0 Å². The third kappa shape index (κ3) is 4.71. The van der Waals surface area contributed by atoms with Gasteiger partial charge in [0.05, 0.1) is 10.2 Å². The number of amides is 1. The van der Waals surface area contributed by atoms with Crippen LogP contribution in [0.1, 0.15) is 47.1 Å². The van der Waals surface area contributed by atoms with E-state index in [9.17, 15) is 4.79 Å². The number of thiophene rings is 1. The first-order chi connectivity index (χ1) is 15.3. The van der Waals surface area contributed by atoms with Crippen molar-refractivity contribution >= 4 is 56.2 Å². The molecule has 5 rings (SSSR count). The van der Waals surface area contributed by atoms with Crippen LogP contribution in [0.25, 0.3) is 20.8 Å². The van der Waals surface area contributed by atoms with Gasteiger partial charge in [-0.15, -0.1) is 35.1 Å². The molecule has 0 saturated heterocycles. The van der Waals surface area contributed by atoms with Gasteiger partial charge in [-0.25, -0.2) is 4.98 Å². The molecule has 1 aliphatic rings. The number of hydrogen-bond acceptors (Lipinski definition) is 5. The number of nitrogens with one attached hydrogen (secondary N) is 1. The van der Waals surface area contributed by atoms with Crippen LogP contribution in [0.2, 0.25) is 0 Å². The average molecular weight is 498 g/mol. The summed E-state index contributed by atoms with van der Waals surface area (Å²) in [5.41, 5.74) is 5.42. The first-order valence-corrected chi connectivity index (χ1v) is 12.5. The highest BCUT2D eigenvalue weighted by Crippen LogP contribution is 2.45. The normalized spacial score (nSPS) is 14.1. The molecule has 0 spiro atoms. The van der Waals surface area contributed by atoms with Gasteiger partial charge in [-0.05, 0) is 54.3 Å². The van der Waals surface area contributed by atoms with Gasteiger partial charge < -0.3 is 10.2 Å². The highest BCUT2D eigenvalue weighted by atomic mass is 35.5. The lowest BCUT2D eigenvalue weighted by molar-refractivity contribution is 0.102. The van der Waals surface area contributed by atoms with Crippen molar-refractivity contribution < 1.29 is 4.79 Å². The molecule has 2 aromatic carbocycles. The van der Waals surface area contributed by atoms with Crippen LogP contribution in [0.4, 0.5) is 5.00 Å². The number of rotatable bonds is 3. The van der Waals surface area contributed by atoms with Gasteiger partial charge in [0.2, 0.25) is 0 Å². The van der Waals surface area contributed by atoms with Gasteiger partial charge >= 0.3 is 0 Å². The minimum atomic E-state index is -0.0697. The quantitative estimate of drug-likeness (QED) is 0.332. The molecule has 0 bridgehead atoms. The van der Waals surface area contributed by atoms with Gasteiger partial charge in [-0.2, -0.15) is 0 Å². The fourth-order valence-corrected chi connectivity index (χ4v) is 6.55. The number of fused-ring (bicyclic) bond motifs is 2. The molecule has 1 N–H and O–H groups in total. The van der Waals surface area contributed by atoms with Crippen molar-refractivity contribution in [1.82, 2.24) is 9.88 Å². The van der Waals surface area contributed by atoms with E-state index in [0.717, 1.165) is 40.6 Å². The van der Waals surface area contributed by atoms with E-state index in [0.29, 0.717) is 5.56 Å². The smallest absolute Gasteiger partial charge is 0.256 e. The Kier molecular flexibility index (Phi) is 6.65. The topological polar surface area (TPSA) is 45.2 Å². The van der Waals surface area contributed by atoms with Crippen molar-refractivity contribution in [3.63, 3.8) is 0 Å². The summed E-state index contributed by atoms with van der Waals surface area (Å²) < 4.78 is 1.17. The molecule has 0 aliphatic carbocycles. The zero-order valence-corrected chi connectivity index (χ0v) is 21.7. The van der Waals surface area contributed by atoms with Crippen LogP contribution in [0, 0.1) is 0 Å². The zero-order chi connectivity index (χ0) is 22.5. The van der Waals surface area contributed by atoms with Crippen LogP contribution in [-0.4, -0.2) is 29.4 Å². The molecule has 172 valence electrons. The van der Waals surface area contributed by atoms with Gasteiger partial charge in [0.15, 0.2) is 0 Å². The number of benzene rings is 2. The summed E-state index contributed by atoms with van der Waals surface area (Å²) in [5, 5.41) is 5.13. The summed E-state index contributed by atoms with van der Waals surface area (Å²) in [7, 11) is 2.15. The number of likely N-dealkylation sites (N-methyl/N-ethyl adjacent to an activating group) is 1. The number of hydrogen-bond donors (Lipinski definition) is 1. The zero-order valence-electron chi connectivity index (χ0n) is 19.3. The van der Waals surface area contributed by atoms with Crippen molar-refractivity contribution in [1.29, 1.82) is 0 Å². The van der Waals surface area contributed by atoms with Crippen molar-refractivity contribution in [3.05, 3.63) is 70.1 Å². The third-order valence-corrected chi connectivity index (χ3v) is 8.18. The SMILES string of the molecule is CN1CCc2c(sc(NC(=O)c3ccc(C(C)(C)C)cc3)c2-c2nc3ccccc3s2)C1.Cl. The first kappa shape index (κ1) is 23.9. The van der Waals surface area contributed by atoms with Crippen LogP contribution >= 0.6 is 35.1 Å². The van der Waals surface area contributed by atoms with E-state index in [1.54, 1.807) is 22.7 Å². The second-order valence-corrected chi connectivity index (χ2v) is 11.6. The third-order valence-electron chi connectivity index (χ3n) is 6.00. The molecule has 1 aliphatic heterocycles. The number of nitrogens with zero attached hydrogens (tertiary/aromatic N) is 2. The molecular formula is C26H28ClN3OS2. The standard InChI is InChI=1S/C26H27N3OS2.ClH/c1-26(2,3)17-11-9-16(10-12-17)23(30)28-25-22(18-13-14-29(4)15-21(18)32-25)24-27-19-7-5-6-8-20(19)31-24;/h5-12H,13-15H2,1-4H3,(H,28,30);1H. The van der Waals surface area contributed by atoms with Gasteiger partial charge in [0.1, 0.15) is 10.0 Å². The monoisotopic (exact) mass is 497 g/mol. The summed E-state index contributed by atoms with van der Waals surface area (Å²) >= 11 is 3.39. The van der Waals surface area contributed by atoms with Crippen molar-refractivity contribution in [2.24, 2.45) is 0 Å². The average Bonchev–Trinajstić information content (AvgIpc) is 3.33. The molecule has 0 fully saturated rings. The molecule has 4 aromatic rings. The van der Waals surface area contributed by atoms with Crippen molar-refractivity contribution in [2.45, 2.75) is 39.2 Å². The molecule has 0 radical (unpaired) electrons. The van der Waals surface area contributed by atoms with Crippen molar-refractivity contribution in [2.75, 3.05) is 18.9 Å². The van der Waals surface area contributed by atoms with Crippen LogP contribution in [0.5, 0.6) is 0 Å². The Morgan fingerprint density at radius 2 is 1.79 bits per heavy atom. The maximum atomic E-state index is 13.2. The molecule has 7 heteroatoms. The summed E-state index contributed by atoms with van der Waals surface area (Å²) in [4.78, 5) is 21.8. The van der Waals surface area contributed by atoms with Crippen LogP contribution in [0.15, 0.2) is 48.5 Å². The van der Waals surface area contributed by atoms with Crippen LogP contribution < -0.4 is 5.32 Å². The van der Waals surface area contributed by atoms with Crippen LogP contribution in [0.3, 0.4) is 0 Å². The molecule has 0 atom stereocenters. The fourth-order valence-electron chi connectivity index (χ4n) is 4.12. The van der Waals surface area contributed by atoms with E-state index in [1.165, 1.54) is 20.7 Å². The van der Waals surface area contributed by atoms with E-state index in [4.69, 9.17) is 4.98 Å². The number of aromatic nitrogens is 1. The lowest BCUT2D eigenvalue weighted by atomic mass is 9.87. The molecule has 1 amide bonds. The minimum absolute atomic E-state index is 0. The Labute approximate surface area is 209 Å². The Morgan fingerprint density at radius 3 is 2.48 bits per heavy atom. The van der Waals surface area contributed by atoms with Crippen molar-refractivity contribution in [3.8, 4) is 10.6 Å². The summed E-state index contributed by atoms with van der Waals surface area (Å²) in [6.45, 7) is 8.47.